The number of carbonyl (C=O) groups excluding carboxylic acids is 2. The number of benzene rings is 2. The molecule has 0 heterocycles. The van der Waals surface area contributed by atoms with Crippen molar-refractivity contribution in [2.45, 2.75) is 4.90 Å². The van der Waals surface area contributed by atoms with Gasteiger partial charge < -0.3 is 4.74 Å². The van der Waals surface area contributed by atoms with Crippen LogP contribution in [0.1, 0.15) is 0 Å². The van der Waals surface area contributed by atoms with Crippen molar-refractivity contribution in [3.05, 3.63) is 60.2 Å². The van der Waals surface area contributed by atoms with Crippen molar-refractivity contribution in [2.75, 3.05) is 20.2 Å². The summed E-state index contributed by atoms with van der Waals surface area (Å²) in [6.07, 6.45) is 0. The summed E-state index contributed by atoms with van der Waals surface area (Å²) in [5.41, 5.74) is 4.11. The first-order valence-electron chi connectivity index (χ1n) is 7.86. The molecule has 0 aliphatic carbocycles. The summed E-state index contributed by atoms with van der Waals surface area (Å²) in [6, 6.07) is 9.11. The number of hydrogen-bond acceptors (Lipinski definition) is 5. The van der Waals surface area contributed by atoms with Crippen LogP contribution < -0.4 is 15.6 Å². The summed E-state index contributed by atoms with van der Waals surface area (Å²) in [7, 11) is -2.84. The van der Waals surface area contributed by atoms with Crippen molar-refractivity contribution in [1.82, 2.24) is 15.2 Å². The predicted octanol–water partition coefficient (Wildman–Crippen LogP) is 0.812. The second-order valence-electron chi connectivity index (χ2n) is 5.55. The fourth-order valence-electron chi connectivity index (χ4n) is 1.97. The first kappa shape index (κ1) is 21.3. The molecule has 2 aromatic rings. The monoisotopic (exact) mass is 413 g/mol. The Kier molecular flexibility index (Phi) is 7.01. The van der Waals surface area contributed by atoms with E-state index >= 15 is 0 Å². The highest BCUT2D eigenvalue weighted by Gasteiger charge is 2.23. The van der Waals surface area contributed by atoms with Crippen LogP contribution in [0.5, 0.6) is 5.75 Å². The van der Waals surface area contributed by atoms with Gasteiger partial charge in [0, 0.05) is 7.05 Å². The van der Waals surface area contributed by atoms with E-state index in [2.05, 4.69) is 5.43 Å². The van der Waals surface area contributed by atoms with E-state index in [9.17, 15) is 26.8 Å². The van der Waals surface area contributed by atoms with Crippen molar-refractivity contribution in [1.29, 1.82) is 0 Å². The predicted molar refractivity (Wildman–Crippen MR) is 94.4 cm³/mol. The van der Waals surface area contributed by atoms with Gasteiger partial charge in [-0.1, -0.05) is 0 Å². The summed E-state index contributed by atoms with van der Waals surface area (Å²) in [4.78, 5) is 23.3. The molecule has 0 fully saturated rings. The third kappa shape index (κ3) is 5.99. The van der Waals surface area contributed by atoms with Crippen molar-refractivity contribution >= 4 is 21.8 Å². The van der Waals surface area contributed by atoms with E-state index in [4.69, 9.17) is 4.74 Å². The molecular weight excluding hydrogens is 396 g/mol. The molecule has 150 valence electrons. The summed E-state index contributed by atoms with van der Waals surface area (Å²) in [6.45, 7) is -1.03. The van der Waals surface area contributed by atoms with Gasteiger partial charge in [-0.15, -0.1) is 0 Å². The Hall–Kier alpha value is -3.05. The molecule has 2 N–H and O–H groups in total. The van der Waals surface area contributed by atoms with Crippen molar-refractivity contribution in [3.8, 4) is 5.75 Å². The van der Waals surface area contributed by atoms with Crippen LogP contribution in [0.2, 0.25) is 0 Å². The van der Waals surface area contributed by atoms with Crippen molar-refractivity contribution in [2.24, 2.45) is 0 Å². The molecular formula is C17H17F2N3O5S. The standard InChI is InChI=1S/C17H17F2N3O5S/c1-22(28(25,26)15-8-4-13(19)5-9-15)10-16(23)20-21-17(24)11-27-14-6-2-12(18)3-7-14/h2-9H,10-11H2,1H3,(H,20,23)(H,21,24). The normalized spacial score (nSPS) is 11.1. The number of ether oxygens (including phenoxy) is 1. The first-order valence-corrected chi connectivity index (χ1v) is 9.30. The van der Waals surface area contributed by atoms with Crippen LogP contribution >= 0.6 is 0 Å². The fourth-order valence-corrected chi connectivity index (χ4v) is 3.10. The number of halogens is 2. The molecule has 0 aliphatic heterocycles. The van der Waals surface area contributed by atoms with Gasteiger partial charge in [-0.25, -0.2) is 17.2 Å². The van der Waals surface area contributed by atoms with Gasteiger partial charge in [0.15, 0.2) is 6.61 Å². The Labute approximate surface area is 160 Å². The molecule has 2 rings (SSSR count). The van der Waals surface area contributed by atoms with Crippen molar-refractivity contribution < 1.29 is 31.5 Å². The Morgan fingerprint density at radius 2 is 1.43 bits per heavy atom. The van der Waals surface area contributed by atoms with Crippen LogP contribution in [0, 0.1) is 11.6 Å². The van der Waals surface area contributed by atoms with Gasteiger partial charge in [-0.2, -0.15) is 4.31 Å². The van der Waals surface area contributed by atoms with E-state index in [0.29, 0.717) is 0 Å². The lowest BCUT2D eigenvalue weighted by Crippen LogP contribution is -2.48. The molecule has 0 aromatic heterocycles. The molecule has 0 saturated heterocycles. The van der Waals surface area contributed by atoms with Crippen LogP contribution in [-0.2, 0) is 19.6 Å². The zero-order chi connectivity index (χ0) is 20.7. The third-order valence-electron chi connectivity index (χ3n) is 3.41. The summed E-state index contributed by atoms with van der Waals surface area (Å²) in [5.74, 6) is -2.30. The number of amides is 2. The smallest absolute Gasteiger partial charge is 0.276 e. The lowest BCUT2D eigenvalue weighted by atomic mass is 10.3. The molecule has 0 saturated carbocycles. The number of nitrogens with zero attached hydrogens (tertiary/aromatic N) is 1. The molecule has 0 unspecified atom stereocenters. The van der Waals surface area contributed by atoms with Gasteiger partial charge in [-0.05, 0) is 48.5 Å². The Balaban J connectivity index is 1.80. The van der Waals surface area contributed by atoms with Crippen LogP contribution in [0.4, 0.5) is 8.78 Å². The zero-order valence-electron chi connectivity index (χ0n) is 14.7. The van der Waals surface area contributed by atoms with E-state index < -0.39 is 46.6 Å². The van der Waals surface area contributed by atoms with Crippen LogP contribution in [0.25, 0.3) is 0 Å². The lowest BCUT2D eigenvalue weighted by molar-refractivity contribution is -0.130. The quantitative estimate of drug-likeness (QED) is 0.654. The molecule has 0 radical (unpaired) electrons. The maximum absolute atomic E-state index is 12.9. The molecule has 8 nitrogen and oxygen atoms in total. The Morgan fingerprint density at radius 3 is 2.00 bits per heavy atom. The van der Waals surface area contributed by atoms with E-state index in [0.717, 1.165) is 47.8 Å². The highest BCUT2D eigenvalue weighted by atomic mass is 32.2. The Morgan fingerprint density at radius 1 is 0.929 bits per heavy atom. The Bertz CT molecular complexity index is 934. The second kappa shape index (κ2) is 9.24. The average molecular weight is 413 g/mol. The van der Waals surface area contributed by atoms with Crippen LogP contribution in [0.15, 0.2) is 53.4 Å². The van der Waals surface area contributed by atoms with Gasteiger partial charge >= 0.3 is 0 Å². The highest BCUT2D eigenvalue weighted by molar-refractivity contribution is 7.89. The number of likely N-dealkylation sites (N-methyl/N-ethyl adjacent to an activating group) is 1. The zero-order valence-corrected chi connectivity index (χ0v) is 15.5. The largest absolute Gasteiger partial charge is 0.484 e. The van der Waals surface area contributed by atoms with E-state index in [-0.39, 0.29) is 10.6 Å². The average Bonchev–Trinajstić information content (AvgIpc) is 2.66. The molecule has 28 heavy (non-hydrogen) atoms. The summed E-state index contributed by atoms with van der Waals surface area (Å²) in [5, 5.41) is 0. The maximum Gasteiger partial charge on any atom is 0.276 e. The fraction of sp³-hybridized carbons (Fsp3) is 0.176. The number of hydrazine groups is 1. The molecule has 0 aliphatic rings. The minimum Gasteiger partial charge on any atom is -0.484 e. The number of hydrogen-bond donors (Lipinski definition) is 2. The van der Waals surface area contributed by atoms with Gasteiger partial charge in [0.1, 0.15) is 17.4 Å². The minimum atomic E-state index is -4.00. The van der Waals surface area contributed by atoms with Crippen LogP contribution in [0.3, 0.4) is 0 Å². The number of sulfonamides is 1. The van der Waals surface area contributed by atoms with Crippen LogP contribution in [-0.4, -0.2) is 44.7 Å². The molecule has 0 spiro atoms. The third-order valence-corrected chi connectivity index (χ3v) is 5.23. The van der Waals surface area contributed by atoms with Gasteiger partial charge in [0.05, 0.1) is 11.4 Å². The topological polar surface area (TPSA) is 105 Å². The SMILES string of the molecule is CN(CC(=O)NNC(=O)COc1ccc(F)cc1)S(=O)(=O)c1ccc(F)cc1. The molecule has 2 aromatic carbocycles. The summed E-state index contributed by atoms with van der Waals surface area (Å²) >= 11 is 0. The molecule has 0 atom stereocenters. The first-order chi connectivity index (χ1) is 13.2. The van der Waals surface area contributed by atoms with E-state index in [1.807, 2.05) is 5.43 Å². The number of nitrogens with one attached hydrogen (secondary N) is 2. The molecule has 2 amide bonds. The second-order valence-corrected chi connectivity index (χ2v) is 7.60. The van der Waals surface area contributed by atoms with E-state index in [1.54, 1.807) is 0 Å². The molecule has 11 heteroatoms. The van der Waals surface area contributed by atoms with Gasteiger partial charge in [0.2, 0.25) is 10.0 Å². The highest BCUT2D eigenvalue weighted by Crippen LogP contribution is 2.14. The van der Waals surface area contributed by atoms with Gasteiger partial charge in [-0.3, -0.25) is 20.4 Å². The number of rotatable bonds is 7. The van der Waals surface area contributed by atoms with Gasteiger partial charge in [0.25, 0.3) is 11.8 Å². The van der Waals surface area contributed by atoms with E-state index in [1.165, 1.54) is 12.1 Å². The lowest BCUT2D eigenvalue weighted by Gasteiger charge is -2.17. The van der Waals surface area contributed by atoms with Crippen molar-refractivity contribution in [3.63, 3.8) is 0 Å². The summed E-state index contributed by atoms with van der Waals surface area (Å²) < 4.78 is 56.1. The molecule has 0 bridgehead atoms. The number of carbonyl (C=O) groups is 2. The maximum atomic E-state index is 12.9. The minimum absolute atomic E-state index is 0.180.